The van der Waals surface area contributed by atoms with Crippen LogP contribution in [-0.2, 0) is 14.8 Å². The fraction of sp³-hybridized carbons (Fsp3) is 0.316. The number of nitrogens with zero attached hydrogens (tertiary/aromatic N) is 1. The highest BCUT2D eigenvalue weighted by Crippen LogP contribution is 2.26. The van der Waals surface area contributed by atoms with Gasteiger partial charge in [-0.25, -0.2) is 12.8 Å². The number of carbonyl (C=O) groups excluding carboxylic acids is 1. The van der Waals surface area contributed by atoms with Gasteiger partial charge in [0.1, 0.15) is 17.6 Å². The largest absolute Gasteiger partial charge is 0.494 e. The summed E-state index contributed by atoms with van der Waals surface area (Å²) >= 11 is 0. The summed E-state index contributed by atoms with van der Waals surface area (Å²) in [6, 6.07) is 11.1. The predicted molar refractivity (Wildman–Crippen MR) is 104 cm³/mol. The molecule has 2 aromatic carbocycles. The lowest BCUT2D eigenvalue weighted by molar-refractivity contribution is -0.117. The summed E-state index contributed by atoms with van der Waals surface area (Å²) in [6.45, 7) is 4.06. The first kappa shape index (κ1) is 20.7. The Hall–Kier alpha value is -2.61. The molecule has 0 aliphatic carbocycles. The summed E-state index contributed by atoms with van der Waals surface area (Å²) in [7, 11) is -3.89. The first-order valence-electron chi connectivity index (χ1n) is 8.55. The third kappa shape index (κ3) is 5.19. The van der Waals surface area contributed by atoms with Gasteiger partial charge in [0.25, 0.3) is 0 Å². The average molecular weight is 394 g/mol. The maximum absolute atomic E-state index is 14.2. The fourth-order valence-corrected chi connectivity index (χ4v) is 3.91. The molecule has 2 aromatic rings. The Labute approximate surface area is 159 Å². The van der Waals surface area contributed by atoms with Gasteiger partial charge < -0.3 is 10.1 Å². The number of halogens is 1. The van der Waals surface area contributed by atoms with Crippen molar-refractivity contribution in [2.45, 2.75) is 26.3 Å². The first-order valence-corrected chi connectivity index (χ1v) is 10.4. The summed E-state index contributed by atoms with van der Waals surface area (Å²) in [5.74, 6) is -0.600. The van der Waals surface area contributed by atoms with Gasteiger partial charge in [-0.2, -0.15) is 0 Å². The average Bonchev–Trinajstić information content (AvgIpc) is 2.61. The minimum Gasteiger partial charge on any atom is -0.494 e. The number of sulfonamides is 1. The van der Waals surface area contributed by atoms with Crippen LogP contribution >= 0.6 is 0 Å². The van der Waals surface area contributed by atoms with Gasteiger partial charge in [0.2, 0.25) is 15.9 Å². The van der Waals surface area contributed by atoms with Crippen LogP contribution in [0.5, 0.6) is 5.75 Å². The van der Waals surface area contributed by atoms with Gasteiger partial charge in [-0.15, -0.1) is 0 Å². The number of benzene rings is 2. The Balaban J connectivity index is 2.31. The predicted octanol–water partition coefficient (Wildman–Crippen LogP) is 3.41. The van der Waals surface area contributed by atoms with E-state index in [1.165, 1.54) is 18.2 Å². The zero-order valence-corrected chi connectivity index (χ0v) is 16.3. The van der Waals surface area contributed by atoms with Crippen molar-refractivity contribution in [3.63, 3.8) is 0 Å². The van der Waals surface area contributed by atoms with E-state index < -0.39 is 27.8 Å². The van der Waals surface area contributed by atoms with Crippen LogP contribution in [0.3, 0.4) is 0 Å². The molecule has 0 aliphatic rings. The molecule has 1 amide bonds. The van der Waals surface area contributed by atoms with Crippen molar-refractivity contribution < 1.29 is 22.3 Å². The minimum absolute atomic E-state index is 0.159. The van der Waals surface area contributed by atoms with E-state index in [1.807, 2.05) is 6.92 Å². The second-order valence-electron chi connectivity index (χ2n) is 5.88. The molecule has 0 aliphatic heterocycles. The molecular weight excluding hydrogens is 371 g/mol. The van der Waals surface area contributed by atoms with Gasteiger partial charge >= 0.3 is 0 Å². The number of carbonyl (C=O) groups is 1. The van der Waals surface area contributed by atoms with Crippen LogP contribution < -0.4 is 14.4 Å². The third-order valence-corrected chi connectivity index (χ3v) is 5.02. The second kappa shape index (κ2) is 8.85. The van der Waals surface area contributed by atoms with E-state index >= 15 is 0 Å². The molecule has 2 rings (SSSR count). The SMILES string of the molecule is CCOc1ccc(NC(=O)[C@H](CC)N(c2ccccc2F)S(C)(=O)=O)cc1. The molecule has 146 valence electrons. The Bertz CT molecular complexity index is 885. The molecule has 0 unspecified atom stereocenters. The van der Waals surface area contributed by atoms with Crippen molar-refractivity contribution >= 4 is 27.3 Å². The number of nitrogens with one attached hydrogen (secondary N) is 1. The van der Waals surface area contributed by atoms with E-state index in [9.17, 15) is 17.6 Å². The van der Waals surface area contributed by atoms with Crippen LogP contribution in [0.4, 0.5) is 15.8 Å². The van der Waals surface area contributed by atoms with Crippen molar-refractivity contribution in [3.05, 3.63) is 54.3 Å². The molecule has 8 heteroatoms. The van der Waals surface area contributed by atoms with Gasteiger partial charge in [-0.1, -0.05) is 19.1 Å². The lowest BCUT2D eigenvalue weighted by Gasteiger charge is -2.30. The van der Waals surface area contributed by atoms with Gasteiger partial charge in [0.05, 0.1) is 18.6 Å². The van der Waals surface area contributed by atoms with E-state index in [0.717, 1.165) is 16.6 Å². The zero-order valence-electron chi connectivity index (χ0n) is 15.5. The van der Waals surface area contributed by atoms with E-state index in [-0.39, 0.29) is 12.1 Å². The molecule has 0 saturated carbocycles. The van der Waals surface area contributed by atoms with Crippen LogP contribution in [0.25, 0.3) is 0 Å². The summed E-state index contributed by atoms with van der Waals surface area (Å²) in [6.07, 6.45) is 1.12. The molecule has 0 saturated heterocycles. The van der Waals surface area contributed by atoms with E-state index in [1.54, 1.807) is 31.2 Å². The summed E-state index contributed by atoms with van der Waals surface area (Å²) in [4.78, 5) is 12.8. The van der Waals surface area contributed by atoms with E-state index in [2.05, 4.69) is 5.32 Å². The number of anilines is 2. The Morgan fingerprint density at radius 3 is 2.30 bits per heavy atom. The standard InChI is InChI=1S/C19H23FN2O4S/c1-4-17(19(23)21-14-10-12-15(13-11-14)26-5-2)22(27(3,24)25)18-9-7-6-8-16(18)20/h6-13,17H,4-5H2,1-3H3,(H,21,23)/t17-/m0/s1. The molecule has 0 bridgehead atoms. The van der Waals surface area contributed by atoms with Crippen molar-refractivity contribution in [1.82, 2.24) is 0 Å². The van der Waals surface area contributed by atoms with Gasteiger partial charge in [0, 0.05) is 5.69 Å². The monoisotopic (exact) mass is 394 g/mol. The van der Waals surface area contributed by atoms with Crippen molar-refractivity contribution in [2.75, 3.05) is 22.5 Å². The molecule has 0 fully saturated rings. The van der Waals surface area contributed by atoms with Crippen LogP contribution in [0.15, 0.2) is 48.5 Å². The van der Waals surface area contributed by atoms with Gasteiger partial charge in [-0.05, 0) is 49.7 Å². The molecule has 0 radical (unpaired) electrons. The smallest absolute Gasteiger partial charge is 0.248 e. The van der Waals surface area contributed by atoms with E-state index in [4.69, 9.17) is 4.74 Å². The van der Waals surface area contributed by atoms with Crippen LogP contribution in [-0.4, -0.2) is 33.2 Å². The van der Waals surface area contributed by atoms with Gasteiger partial charge in [0.15, 0.2) is 0 Å². The summed E-state index contributed by atoms with van der Waals surface area (Å²) in [5.41, 5.74) is 0.331. The Morgan fingerprint density at radius 2 is 1.78 bits per heavy atom. The zero-order chi connectivity index (χ0) is 20.0. The van der Waals surface area contributed by atoms with Crippen molar-refractivity contribution in [1.29, 1.82) is 0 Å². The number of rotatable bonds is 8. The Kier molecular flexibility index (Phi) is 6.79. The molecule has 27 heavy (non-hydrogen) atoms. The minimum atomic E-state index is -3.89. The number of amides is 1. The highest BCUT2D eigenvalue weighted by atomic mass is 32.2. The highest BCUT2D eigenvalue weighted by molar-refractivity contribution is 7.92. The lowest BCUT2D eigenvalue weighted by atomic mass is 10.1. The molecule has 1 N–H and O–H groups in total. The molecule has 0 heterocycles. The normalized spacial score (nSPS) is 12.3. The summed E-state index contributed by atoms with van der Waals surface area (Å²) < 4.78 is 45.0. The first-order chi connectivity index (χ1) is 12.8. The molecule has 0 spiro atoms. The number of hydrogen-bond donors (Lipinski definition) is 1. The quantitative estimate of drug-likeness (QED) is 0.745. The van der Waals surface area contributed by atoms with Crippen LogP contribution in [0.1, 0.15) is 20.3 Å². The molecule has 0 aromatic heterocycles. The maximum atomic E-state index is 14.2. The topological polar surface area (TPSA) is 75.7 Å². The number of hydrogen-bond acceptors (Lipinski definition) is 4. The van der Waals surface area contributed by atoms with Crippen LogP contribution in [0.2, 0.25) is 0 Å². The van der Waals surface area contributed by atoms with Crippen molar-refractivity contribution in [3.8, 4) is 5.75 Å². The van der Waals surface area contributed by atoms with Gasteiger partial charge in [-0.3, -0.25) is 9.10 Å². The highest BCUT2D eigenvalue weighted by Gasteiger charge is 2.33. The van der Waals surface area contributed by atoms with Crippen LogP contribution in [0, 0.1) is 5.82 Å². The second-order valence-corrected chi connectivity index (χ2v) is 7.74. The number of para-hydroxylation sites is 1. The molecular formula is C19H23FN2O4S. The molecule has 6 nitrogen and oxygen atoms in total. The van der Waals surface area contributed by atoms with E-state index in [0.29, 0.717) is 18.0 Å². The van der Waals surface area contributed by atoms with Crippen molar-refractivity contribution in [2.24, 2.45) is 0 Å². The number of ether oxygens (including phenoxy) is 1. The molecule has 1 atom stereocenters. The third-order valence-electron chi connectivity index (χ3n) is 3.85. The maximum Gasteiger partial charge on any atom is 0.248 e. The fourth-order valence-electron chi connectivity index (χ4n) is 2.69. The summed E-state index contributed by atoms with van der Waals surface area (Å²) in [5, 5.41) is 2.68. The Morgan fingerprint density at radius 1 is 1.15 bits per heavy atom. The lowest BCUT2D eigenvalue weighted by Crippen LogP contribution is -2.47.